The van der Waals surface area contributed by atoms with E-state index in [1.807, 2.05) is 6.92 Å². The van der Waals surface area contributed by atoms with Gasteiger partial charge in [-0.05, 0) is 38.1 Å². The number of rotatable bonds is 5. The fourth-order valence-electron chi connectivity index (χ4n) is 1.15. The summed E-state index contributed by atoms with van der Waals surface area (Å²) in [5.74, 6) is -0.842. The van der Waals surface area contributed by atoms with Crippen LogP contribution in [0.5, 0.6) is 0 Å². The largest absolute Gasteiger partial charge is 0.457 e. The summed E-state index contributed by atoms with van der Waals surface area (Å²) in [6, 6.07) is 5.24. The van der Waals surface area contributed by atoms with Gasteiger partial charge in [0.15, 0.2) is 0 Å². The summed E-state index contributed by atoms with van der Waals surface area (Å²) < 4.78 is 22.8. The lowest BCUT2D eigenvalue weighted by Gasteiger charge is -2.12. The maximum absolute atomic E-state index is 12.6. The molecule has 0 aromatic heterocycles. The molecule has 0 aliphatic carbocycles. The molecule has 0 N–H and O–H groups in total. The lowest BCUT2D eigenvalue weighted by Crippen LogP contribution is -2.20. The molecule has 0 saturated carbocycles. The van der Waals surface area contributed by atoms with Crippen molar-refractivity contribution < 1.29 is 18.7 Å². The molecule has 1 atom stereocenters. The predicted octanol–water partition coefficient (Wildman–Crippen LogP) is 2.41. The minimum Gasteiger partial charge on any atom is -0.457 e. The maximum atomic E-state index is 12.6. The first-order valence-corrected chi connectivity index (χ1v) is 5.17. The van der Waals surface area contributed by atoms with Gasteiger partial charge in [-0.15, -0.1) is 0 Å². The highest BCUT2D eigenvalue weighted by atomic mass is 19.1. The van der Waals surface area contributed by atoms with E-state index >= 15 is 0 Å². The van der Waals surface area contributed by atoms with Crippen LogP contribution in [0.2, 0.25) is 0 Å². The SMILES string of the molecule is CCOCC(C)OC(=O)c1ccc(F)cc1. The van der Waals surface area contributed by atoms with Crippen LogP contribution in [0, 0.1) is 5.82 Å². The molecule has 4 heteroatoms. The molecule has 0 saturated heterocycles. The van der Waals surface area contributed by atoms with Crippen LogP contribution in [0.3, 0.4) is 0 Å². The first-order valence-electron chi connectivity index (χ1n) is 5.17. The van der Waals surface area contributed by atoms with Crippen LogP contribution in [0.25, 0.3) is 0 Å². The monoisotopic (exact) mass is 226 g/mol. The zero-order chi connectivity index (χ0) is 12.0. The van der Waals surface area contributed by atoms with Crippen LogP contribution >= 0.6 is 0 Å². The molecule has 0 amide bonds. The zero-order valence-corrected chi connectivity index (χ0v) is 9.40. The molecular formula is C12H15FO3. The molecule has 0 heterocycles. The van der Waals surface area contributed by atoms with E-state index in [4.69, 9.17) is 9.47 Å². The summed E-state index contributed by atoms with van der Waals surface area (Å²) in [7, 11) is 0. The maximum Gasteiger partial charge on any atom is 0.338 e. The van der Waals surface area contributed by atoms with Crippen LogP contribution in [-0.2, 0) is 9.47 Å². The minimum atomic E-state index is -0.466. The highest BCUT2D eigenvalue weighted by Gasteiger charge is 2.11. The van der Waals surface area contributed by atoms with Crippen molar-refractivity contribution in [1.82, 2.24) is 0 Å². The number of esters is 1. The van der Waals surface area contributed by atoms with Gasteiger partial charge in [0.1, 0.15) is 11.9 Å². The fraction of sp³-hybridized carbons (Fsp3) is 0.417. The quantitative estimate of drug-likeness (QED) is 0.723. The van der Waals surface area contributed by atoms with Crippen LogP contribution in [0.15, 0.2) is 24.3 Å². The van der Waals surface area contributed by atoms with E-state index in [0.29, 0.717) is 18.8 Å². The van der Waals surface area contributed by atoms with Crippen molar-refractivity contribution in [2.75, 3.05) is 13.2 Å². The highest BCUT2D eigenvalue weighted by molar-refractivity contribution is 5.89. The summed E-state index contributed by atoms with van der Waals surface area (Å²) >= 11 is 0. The Labute approximate surface area is 94.2 Å². The normalized spacial score (nSPS) is 12.2. The Kier molecular flexibility index (Phi) is 4.92. The van der Waals surface area contributed by atoms with Gasteiger partial charge in [0.2, 0.25) is 0 Å². The predicted molar refractivity (Wildman–Crippen MR) is 57.8 cm³/mol. The van der Waals surface area contributed by atoms with Crippen LogP contribution in [-0.4, -0.2) is 25.3 Å². The van der Waals surface area contributed by atoms with E-state index in [1.54, 1.807) is 6.92 Å². The number of carbonyl (C=O) groups excluding carboxylic acids is 1. The van der Waals surface area contributed by atoms with Crippen LogP contribution in [0.4, 0.5) is 4.39 Å². The van der Waals surface area contributed by atoms with Gasteiger partial charge in [-0.25, -0.2) is 9.18 Å². The third kappa shape index (κ3) is 3.98. The van der Waals surface area contributed by atoms with Gasteiger partial charge in [0.05, 0.1) is 12.2 Å². The number of halogens is 1. The lowest BCUT2D eigenvalue weighted by atomic mass is 10.2. The summed E-state index contributed by atoms with van der Waals surface area (Å²) in [5.41, 5.74) is 0.338. The molecule has 0 aliphatic heterocycles. The van der Waals surface area contributed by atoms with Gasteiger partial charge in [0, 0.05) is 6.61 Å². The molecule has 16 heavy (non-hydrogen) atoms. The fourth-order valence-corrected chi connectivity index (χ4v) is 1.15. The smallest absolute Gasteiger partial charge is 0.338 e. The van der Waals surface area contributed by atoms with E-state index in [2.05, 4.69) is 0 Å². The molecule has 3 nitrogen and oxygen atoms in total. The number of hydrogen-bond donors (Lipinski definition) is 0. The van der Waals surface area contributed by atoms with Crippen LogP contribution < -0.4 is 0 Å². The van der Waals surface area contributed by atoms with Crippen molar-refractivity contribution in [2.45, 2.75) is 20.0 Å². The zero-order valence-electron chi connectivity index (χ0n) is 9.40. The molecular weight excluding hydrogens is 211 g/mol. The third-order valence-corrected chi connectivity index (χ3v) is 1.94. The molecule has 0 radical (unpaired) electrons. The number of ether oxygens (including phenoxy) is 2. The van der Waals surface area contributed by atoms with Crippen molar-refractivity contribution >= 4 is 5.97 Å². The average molecular weight is 226 g/mol. The average Bonchev–Trinajstić information content (AvgIpc) is 2.27. The van der Waals surface area contributed by atoms with E-state index < -0.39 is 5.97 Å². The van der Waals surface area contributed by atoms with Crippen molar-refractivity contribution in [3.8, 4) is 0 Å². The molecule has 1 rings (SSSR count). The molecule has 88 valence electrons. The third-order valence-electron chi connectivity index (χ3n) is 1.94. The molecule has 0 bridgehead atoms. The second-order valence-electron chi connectivity index (χ2n) is 3.38. The molecule has 0 spiro atoms. The number of hydrogen-bond acceptors (Lipinski definition) is 3. The molecule has 0 aliphatic rings. The molecule has 1 unspecified atom stereocenters. The van der Waals surface area contributed by atoms with E-state index in [9.17, 15) is 9.18 Å². The first kappa shape index (κ1) is 12.6. The highest BCUT2D eigenvalue weighted by Crippen LogP contribution is 2.06. The Balaban J connectivity index is 2.48. The Morgan fingerprint density at radius 3 is 2.56 bits per heavy atom. The Morgan fingerprint density at radius 2 is 2.00 bits per heavy atom. The first-order chi connectivity index (χ1) is 7.63. The second-order valence-corrected chi connectivity index (χ2v) is 3.38. The van der Waals surface area contributed by atoms with Gasteiger partial charge in [0.25, 0.3) is 0 Å². The number of benzene rings is 1. The lowest BCUT2D eigenvalue weighted by molar-refractivity contribution is 0.00439. The van der Waals surface area contributed by atoms with E-state index in [1.165, 1.54) is 24.3 Å². The van der Waals surface area contributed by atoms with Gasteiger partial charge >= 0.3 is 5.97 Å². The van der Waals surface area contributed by atoms with Crippen LogP contribution in [0.1, 0.15) is 24.2 Å². The van der Waals surface area contributed by atoms with Crippen molar-refractivity contribution in [3.05, 3.63) is 35.6 Å². The topological polar surface area (TPSA) is 35.5 Å². The summed E-state index contributed by atoms with van der Waals surface area (Å²) in [5, 5.41) is 0. The minimum absolute atomic E-state index is 0.308. The second kappa shape index (κ2) is 6.23. The van der Waals surface area contributed by atoms with Crippen molar-refractivity contribution in [1.29, 1.82) is 0 Å². The standard InChI is InChI=1S/C12H15FO3/c1-3-15-8-9(2)16-12(14)10-4-6-11(13)7-5-10/h4-7,9H,3,8H2,1-2H3. The van der Waals surface area contributed by atoms with Gasteiger partial charge < -0.3 is 9.47 Å². The van der Waals surface area contributed by atoms with E-state index in [-0.39, 0.29) is 11.9 Å². The van der Waals surface area contributed by atoms with Gasteiger partial charge in [-0.1, -0.05) is 0 Å². The Hall–Kier alpha value is -1.42. The molecule has 1 aromatic carbocycles. The van der Waals surface area contributed by atoms with Crippen molar-refractivity contribution in [2.24, 2.45) is 0 Å². The Morgan fingerprint density at radius 1 is 1.38 bits per heavy atom. The van der Waals surface area contributed by atoms with Gasteiger partial charge in [-0.2, -0.15) is 0 Å². The van der Waals surface area contributed by atoms with E-state index in [0.717, 1.165) is 0 Å². The molecule has 1 aromatic rings. The Bertz CT molecular complexity index is 335. The summed E-state index contributed by atoms with van der Waals surface area (Å²) in [4.78, 5) is 11.5. The molecule has 0 fully saturated rings. The van der Waals surface area contributed by atoms with Gasteiger partial charge in [-0.3, -0.25) is 0 Å². The van der Waals surface area contributed by atoms with Crippen molar-refractivity contribution in [3.63, 3.8) is 0 Å². The summed E-state index contributed by atoms with van der Waals surface area (Å²) in [6.45, 7) is 4.56. The summed E-state index contributed by atoms with van der Waals surface area (Å²) in [6.07, 6.45) is -0.308. The number of carbonyl (C=O) groups is 1.